The molecule has 0 aliphatic heterocycles. The van der Waals surface area contributed by atoms with Gasteiger partial charge >= 0.3 is 0 Å². The molecule has 0 bridgehead atoms. The van der Waals surface area contributed by atoms with E-state index >= 15 is 0 Å². The lowest BCUT2D eigenvalue weighted by atomic mass is 10.4. The van der Waals surface area contributed by atoms with Crippen LogP contribution in [0.25, 0.3) is 5.69 Å². The van der Waals surface area contributed by atoms with Crippen LogP contribution in [0.4, 0.5) is 0 Å². The van der Waals surface area contributed by atoms with Gasteiger partial charge in [-0.25, -0.2) is 4.98 Å². The van der Waals surface area contributed by atoms with Gasteiger partial charge < -0.3 is 4.57 Å². The van der Waals surface area contributed by atoms with Crippen molar-refractivity contribution in [2.24, 2.45) is 0 Å². The molecule has 4 aromatic rings. The summed E-state index contributed by atoms with van der Waals surface area (Å²) in [6, 6.07) is 23.8. The van der Waals surface area contributed by atoms with E-state index in [-0.39, 0.29) is 0 Å². The second-order valence-electron chi connectivity index (χ2n) is 5.09. The molecule has 4 heteroatoms. The lowest BCUT2D eigenvalue weighted by molar-refractivity contribution is 1.07. The van der Waals surface area contributed by atoms with Crippen LogP contribution in [-0.2, 0) is 0 Å². The number of aromatic nitrogens is 2. The fourth-order valence-electron chi connectivity index (χ4n) is 2.60. The Labute approximate surface area is 140 Å². The number of hydrogen-bond acceptors (Lipinski definition) is 2. The average Bonchev–Trinajstić information content (AvgIpc) is 3.28. The van der Waals surface area contributed by atoms with Gasteiger partial charge in [0.2, 0.25) is 0 Å². The molecule has 0 radical (unpaired) electrons. The van der Waals surface area contributed by atoms with Crippen molar-refractivity contribution in [3.8, 4) is 5.69 Å². The van der Waals surface area contributed by atoms with Gasteiger partial charge in [-0.15, -0.1) is 11.3 Å². The van der Waals surface area contributed by atoms with Gasteiger partial charge in [-0.1, -0.05) is 60.7 Å². The van der Waals surface area contributed by atoms with Crippen molar-refractivity contribution >= 4 is 34.5 Å². The summed E-state index contributed by atoms with van der Waals surface area (Å²) in [5.74, 6) is 0. The first-order valence-corrected chi connectivity index (χ1v) is 9.62. The molecule has 0 atom stereocenters. The van der Waals surface area contributed by atoms with Gasteiger partial charge in [0.1, 0.15) is 0 Å². The van der Waals surface area contributed by atoms with Crippen LogP contribution in [-0.4, -0.2) is 9.55 Å². The van der Waals surface area contributed by atoms with Crippen LogP contribution in [0.2, 0.25) is 0 Å². The van der Waals surface area contributed by atoms with Crippen LogP contribution in [0.1, 0.15) is 0 Å². The maximum absolute atomic E-state index is 4.20. The van der Waals surface area contributed by atoms with Crippen LogP contribution in [0.5, 0.6) is 0 Å². The molecular formula is C19H15N2PS. The SMILES string of the molecule is c1ccc(P(c2ccccc2)c2sccc2-n2ccnc2)cc1. The molecular weight excluding hydrogens is 319 g/mol. The topological polar surface area (TPSA) is 17.8 Å². The molecule has 0 N–H and O–H groups in total. The standard InChI is InChI=1S/C19H15N2PS/c1-3-7-16(8-4-1)22(17-9-5-2-6-10-17)19-18(11-14-23-19)21-13-12-20-15-21/h1-15H. The summed E-state index contributed by atoms with van der Waals surface area (Å²) < 4.78 is 3.50. The van der Waals surface area contributed by atoms with Gasteiger partial charge in [0.25, 0.3) is 0 Å². The third-order valence-electron chi connectivity index (χ3n) is 3.64. The highest BCUT2D eigenvalue weighted by molar-refractivity contribution is 7.84. The number of thiophene rings is 1. The molecule has 23 heavy (non-hydrogen) atoms. The van der Waals surface area contributed by atoms with Gasteiger partial charge in [-0.3, -0.25) is 0 Å². The van der Waals surface area contributed by atoms with Crippen molar-refractivity contribution in [1.82, 2.24) is 9.55 Å². The van der Waals surface area contributed by atoms with Crippen molar-refractivity contribution < 1.29 is 0 Å². The third kappa shape index (κ3) is 2.86. The van der Waals surface area contributed by atoms with Gasteiger partial charge in [-0.2, -0.15) is 0 Å². The fourth-order valence-corrected chi connectivity index (χ4v) is 6.58. The Hall–Kier alpha value is -2.22. The Balaban J connectivity index is 1.89. The predicted octanol–water partition coefficient (Wildman–Crippen LogP) is 3.69. The quantitative estimate of drug-likeness (QED) is 0.521. The van der Waals surface area contributed by atoms with Crippen molar-refractivity contribution in [3.63, 3.8) is 0 Å². The molecule has 2 aromatic carbocycles. The van der Waals surface area contributed by atoms with Gasteiger partial charge in [0.15, 0.2) is 0 Å². The van der Waals surface area contributed by atoms with E-state index in [0.29, 0.717) is 0 Å². The van der Waals surface area contributed by atoms with Crippen LogP contribution < -0.4 is 15.2 Å². The van der Waals surface area contributed by atoms with Crippen molar-refractivity contribution in [3.05, 3.63) is 90.8 Å². The summed E-state index contributed by atoms with van der Waals surface area (Å²) >= 11 is 1.83. The van der Waals surface area contributed by atoms with E-state index in [4.69, 9.17) is 0 Å². The molecule has 0 saturated carbocycles. The van der Waals surface area contributed by atoms with E-state index < -0.39 is 7.92 Å². The zero-order valence-electron chi connectivity index (χ0n) is 12.4. The smallest absolute Gasteiger partial charge is 0.0992 e. The Bertz CT molecular complexity index is 831. The molecule has 0 amide bonds. The van der Waals surface area contributed by atoms with Gasteiger partial charge in [0, 0.05) is 12.4 Å². The molecule has 0 unspecified atom stereocenters. The first-order chi connectivity index (χ1) is 11.4. The highest BCUT2D eigenvalue weighted by Gasteiger charge is 2.21. The van der Waals surface area contributed by atoms with Crippen LogP contribution in [0, 0.1) is 0 Å². The predicted molar refractivity (Wildman–Crippen MR) is 100 cm³/mol. The molecule has 0 spiro atoms. The first kappa shape index (κ1) is 14.4. The average molecular weight is 334 g/mol. The number of rotatable bonds is 4. The van der Waals surface area contributed by atoms with E-state index in [2.05, 4.69) is 81.7 Å². The zero-order valence-corrected chi connectivity index (χ0v) is 14.1. The van der Waals surface area contributed by atoms with Crippen LogP contribution in [0.3, 0.4) is 0 Å². The Morgan fingerprint density at radius 3 is 2.04 bits per heavy atom. The van der Waals surface area contributed by atoms with Crippen LogP contribution in [0.15, 0.2) is 90.8 Å². The van der Waals surface area contributed by atoms with E-state index in [1.165, 1.54) is 20.9 Å². The molecule has 2 nitrogen and oxygen atoms in total. The van der Waals surface area contributed by atoms with Gasteiger partial charge in [0.05, 0.1) is 16.6 Å². The first-order valence-electron chi connectivity index (χ1n) is 7.39. The molecule has 2 aromatic heterocycles. The third-order valence-corrected chi connectivity index (χ3v) is 7.47. The number of benzene rings is 2. The number of hydrogen-bond donors (Lipinski definition) is 0. The van der Waals surface area contributed by atoms with Crippen molar-refractivity contribution in [1.29, 1.82) is 0 Å². The van der Waals surface area contributed by atoms with Crippen LogP contribution >= 0.6 is 19.3 Å². The maximum Gasteiger partial charge on any atom is 0.0992 e. The summed E-state index contributed by atoms with van der Waals surface area (Å²) in [7, 11) is -0.565. The minimum Gasteiger partial charge on any atom is -0.305 e. The monoisotopic (exact) mass is 334 g/mol. The van der Waals surface area contributed by atoms with E-state index in [1.807, 2.05) is 30.1 Å². The zero-order chi connectivity index (χ0) is 15.5. The Morgan fingerprint density at radius 1 is 0.826 bits per heavy atom. The lowest BCUT2D eigenvalue weighted by Crippen LogP contribution is -2.21. The Kier molecular flexibility index (Phi) is 4.06. The second kappa shape index (κ2) is 6.49. The van der Waals surface area contributed by atoms with Crippen molar-refractivity contribution in [2.45, 2.75) is 0 Å². The molecule has 2 heterocycles. The second-order valence-corrected chi connectivity index (χ2v) is 8.46. The Morgan fingerprint density at radius 2 is 1.48 bits per heavy atom. The van der Waals surface area contributed by atoms with E-state index in [1.54, 1.807) is 0 Å². The summed E-state index contributed by atoms with van der Waals surface area (Å²) in [4.78, 5) is 4.20. The summed E-state index contributed by atoms with van der Waals surface area (Å²) in [5.41, 5.74) is 1.23. The summed E-state index contributed by atoms with van der Waals surface area (Å²) in [6.45, 7) is 0. The van der Waals surface area contributed by atoms with E-state index in [9.17, 15) is 0 Å². The molecule has 0 aliphatic carbocycles. The van der Waals surface area contributed by atoms with Gasteiger partial charge in [-0.05, 0) is 30.0 Å². The fraction of sp³-hybridized carbons (Fsp3) is 0. The largest absolute Gasteiger partial charge is 0.305 e. The molecule has 0 fully saturated rings. The molecule has 0 saturated heterocycles. The summed E-state index contributed by atoms with van der Waals surface area (Å²) in [6.07, 6.45) is 5.71. The highest BCUT2D eigenvalue weighted by Crippen LogP contribution is 2.37. The minimum atomic E-state index is -0.565. The molecule has 0 aliphatic rings. The number of imidazole rings is 1. The highest BCUT2D eigenvalue weighted by atomic mass is 32.1. The minimum absolute atomic E-state index is 0.565. The van der Waals surface area contributed by atoms with E-state index in [0.717, 1.165) is 0 Å². The molecule has 4 rings (SSSR count). The molecule has 112 valence electrons. The number of nitrogens with zero attached hydrogens (tertiary/aromatic N) is 2. The van der Waals surface area contributed by atoms with Crippen molar-refractivity contribution in [2.75, 3.05) is 0 Å². The lowest BCUT2D eigenvalue weighted by Gasteiger charge is -2.19. The summed E-state index contributed by atoms with van der Waals surface area (Å²) in [5, 5.41) is 4.92. The maximum atomic E-state index is 4.20. The normalized spacial score (nSPS) is 11.0.